The Morgan fingerprint density at radius 1 is 1.28 bits per heavy atom. The molecular weight excluding hydrogens is 250 g/mol. The highest BCUT2D eigenvalue weighted by Crippen LogP contribution is 2.18. The maximum Gasteiger partial charge on any atom is 0.248 e. The summed E-state index contributed by atoms with van der Waals surface area (Å²) in [7, 11) is 0. The second-order valence-electron chi connectivity index (χ2n) is 4.70. The Balaban J connectivity index is 2.24. The lowest BCUT2D eigenvalue weighted by Gasteiger charge is -2.25. The number of anilines is 1. The largest absolute Gasteiger partial charge is 0.348 e. The Labute approximate surface area is 111 Å². The van der Waals surface area contributed by atoms with Crippen molar-refractivity contribution in [2.45, 2.75) is 25.8 Å². The molecule has 0 unspecified atom stereocenters. The van der Waals surface area contributed by atoms with E-state index in [0.29, 0.717) is 11.8 Å². The van der Waals surface area contributed by atoms with Crippen LogP contribution in [-0.2, 0) is 0 Å². The molecule has 0 aliphatic carbocycles. The number of aromatic nitrogens is 4. The van der Waals surface area contributed by atoms with Gasteiger partial charge in [-0.1, -0.05) is 23.3 Å². The van der Waals surface area contributed by atoms with Gasteiger partial charge in [0, 0.05) is 11.4 Å². The molecule has 96 valence electrons. The molecule has 6 heteroatoms. The van der Waals surface area contributed by atoms with E-state index in [9.17, 15) is 0 Å². The third-order valence-electron chi connectivity index (χ3n) is 2.64. The van der Waals surface area contributed by atoms with Gasteiger partial charge in [0.25, 0.3) is 0 Å². The molecule has 0 atom stereocenters. The third kappa shape index (κ3) is 2.98. The fraction of sp³-hybridized carbons (Fsp3) is 0.417. The van der Waals surface area contributed by atoms with Crippen LogP contribution in [0, 0.1) is 0 Å². The molecule has 0 spiro atoms. The zero-order valence-corrected chi connectivity index (χ0v) is 11.2. The fourth-order valence-electron chi connectivity index (χ4n) is 1.61. The van der Waals surface area contributed by atoms with E-state index >= 15 is 0 Å². The molecule has 1 aromatic carbocycles. The monoisotopic (exact) mass is 265 g/mol. The Morgan fingerprint density at radius 2 is 2.00 bits per heavy atom. The molecule has 2 aromatic rings. The summed E-state index contributed by atoms with van der Waals surface area (Å²) in [4.78, 5) is 0. The predicted octanol–water partition coefficient (Wildman–Crippen LogP) is 2.48. The van der Waals surface area contributed by atoms with Crippen LogP contribution in [-0.4, -0.2) is 31.6 Å². The van der Waals surface area contributed by atoms with E-state index in [1.807, 2.05) is 30.3 Å². The van der Waals surface area contributed by atoms with Crippen LogP contribution in [0.5, 0.6) is 0 Å². The summed E-state index contributed by atoms with van der Waals surface area (Å²) < 4.78 is 1.68. The number of benzene rings is 1. The molecule has 1 aromatic heterocycles. The second kappa shape index (κ2) is 5.35. The number of nitrogens with zero attached hydrogens (tertiary/aromatic N) is 4. The van der Waals surface area contributed by atoms with Gasteiger partial charge in [0.05, 0.1) is 5.69 Å². The Bertz CT molecular complexity index is 494. The smallest absolute Gasteiger partial charge is 0.248 e. The lowest BCUT2D eigenvalue weighted by atomic mass is 10.0. The lowest BCUT2D eigenvalue weighted by molar-refractivity contribution is 0.542. The molecule has 1 heterocycles. The highest BCUT2D eigenvalue weighted by Gasteiger charge is 2.20. The van der Waals surface area contributed by atoms with Crippen LogP contribution in [0.3, 0.4) is 0 Å². The van der Waals surface area contributed by atoms with E-state index in [2.05, 4.69) is 34.7 Å². The summed E-state index contributed by atoms with van der Waals surface area (Å²) in [5.74, 6) is 1.21. The van der Waals surface area contributed by atoms with Crippen molar-refractivity contribution in [3.63, 3.8) is 0 Å². The first-order valence-electron chi connectivity index (χ1n) is 5.80. The number of rotatable bonds is 5. The molecule has 0 radical (unpaired) electrons. The minimum atomic E-state index is -0.150. The van der Waals surface area contributed by atoms with E-state index in [-0.39, 0.29) is 5.54 Å². The maximum absolute atomic E-state index is 5.78. The summed E-state index contributed by atoms with van der Waals surface area (Å²) in [6.07, 6.45) is 0.830. The van der Waals surface area contributed by atoms with Crippen molar-refractivity contribution in [1.82, 2.24) is 20.2 Å². The van der Waals surface area contributed by atoms with Crippen molar-refractivity contribution < 1.29 is 0 Å². The van der Waals surface area contributed by atoms with Crippen molar-refractivity contribution >= 4 is 17.5 Å². The normalized spacial score (nSPS) is 11.5. The van der Waals surface area contributed by atoms with E-state index in [4.69, 9.17) is 11.6 Å². The lowest BCUT2D eigenvalue weighted by Crippen LogP contribution is -2.32. The van der Waals surface area contributed by atoms with Crippen LogP contribution >= 0.6 is 11.6 Å². The summed E-state index contributed by atoms with van der Waals surface area (Å²) in [6.45, 7) is 4.14. The van der Waals surface area contributed by atoms with Gasteiger partial charge in [0.2, 0.25) is 5.95 Å². The van der Waals surface area contributed by atoms with Crippen LogP contribution in [0.1, 0.15) is 20.3 Å². The number of nitrogens with one attached hydrogen (secondary N) is 1. The Hall–Kier alpha value is -1.62. The summed E-state index contributed by atoms with van der Waals surface area (Å²) in [5.41, 5.74) is 0.773. The topological polar surface area (TPSA) is 55.6 Å². The number of hydrogen-bond acceptors (Lipinski definition) is 4. The molecule has 0 aliphatic heterocycles. The molecule has 0 saturated heterocycles. The first kappa shape index (κ1) is 12.8. The quantitative estimate of drug-likeness (QED) is 0.844. The Morgan fingerprint density at radius 3 is 2.67 bits per heavy atom. The molecule has 0 fully saturated rings. The van der Waals surface area contributed by atoms with Crippen molar-refractivity contribution in [3.05, 3.63) is 30.3 Å². The molecule has 0 aliphatic rings. The minimum absolute atomic E-state index is 0.150. The fourth-order valence-corrected chi connectivity index (χ4v) is 2.08. The van der Waals surface area contributed by atoms with Crippen LogP contribution in [0.2, 0.25) is 0 Å². The van der Waals surface area contributed by atoms with Gasteiger partial charge < -0.3 is 5.32 Å². The average molecular weight is 266 g/mol. The zero-order chi connectivity index (χ0) is 13.0. The van der Waals surface area contributed by atoms with Gasteiger partial charge in [-0.3, -0.25) is 0 Å². The molecule has 1 N–H and O–H groups in total. The number of tetrazole rings is 1. The molecule has 2 rings (SSSR count). The molecular formula is C12H16ClN5. The highest BCUT2D eigenvalue weighted by atomic mass is 35.5. The van der Waals surface area contributed by atoms with Crippen molar-refractivity contribution in [2.75, 3.05) is 11.2 Å². The van der Waals surface area contributed by atoms with E-state index in [0.717, 1.165) is 12.1 Å². The van der Waals surface area contributed by atoms with Gasteiger partial charge >= 0.3 is 0 Å². The minimum Gasteiger partial charge on any atom is -0.348 e. The molecule has 5 nitrogen and oxygen atoms in total. The van der Waals surface area contributed by atoms with Gasteiger partial charge in [-0.15, -0.1) is 11.6 Å². The maximum atomic E-state index is 5.78. The highest BCUT2D eigenvalue weighted by molar-refractivity contribution is 6.17. The van der Waals surface area contributed by atoms with E-state index < -0.39 is 0 Å². The van der Waals surface area contributed by atoms with E-state index in [1.54, 1.807) is 4.68 Å². The van der Waals surface area contributed by atoms with Crippen LogP contribution < -0.4 is 5.32 Å². The first-order chi connectivity index (χ1) is 8.62. The standard InChI is InChI=1S/C12H16ClN5/c1-12(2,8-9-13)14-11-15-16-17-18(11)10-6-4-3-5-7-10/h3-7H,8-9H2,1-2H3,(H,14,15,17). The molecule has 18 heavy (non-hydrogen) atoms. The van der Waals surface area contributed by atoms with Gasteiger partial charge in [0.1, 0.15) is 0 Å². The predicted molar refractivity (Wildman–Crippen MR) is 72.2 cm³/mol. The number of alkyl halides is 1. The zero-order valence-electron chi connectivity index (χ0n) is 10.5. The Kier molecular flexibility index (Phi) is 3.81. The van der Waals surface area contributed by atoms with Crippen LogP contribution in [0.15, 0.2) is 30.3 Å². The average Bonchev–Trinajstić information content (AvgIpc) is 2.77. The van der Waals surface area contributed by atoms with Gasteiger partial charge in [-0.2, -0.15) is 4.68 Å². The summed E-state index contributed by atoms with van der Waals surface area (Å²) in [5, 5.41) is 15.0. The third-order valence-corrected chi connectivity index (χ3v) is 2.83. The van der Waals surface area contributed by atoms with E-state index in [1.165, 1.54) is 0 Å². The summed E-state index contributed by atoms with van der Waals surface area (Å²) >= 11 is 5.78. The van der Waals surface area contributed by atoms with Gasteiger partial charge in [0.15, 0.2) is 0 Å². The number of halogens is 1. The van der Waals surface area contributed by atoms with Crippen molar-refractivity contribution in [2.24, 2.45) is 0 Å². The van der Waals surface area contributed by atoms with Crippen molar-refractivity contribution in [1.29, 1.82) is 0 Å². The number of para-hydroxylation sites is 1. The molecule has 0 bridgehead atoms. The van der Waals surface area contributed by atoms with Crippen LogP contribution in [0.25, 0.3) is 5.69 Å². The van der Waals surface area contributed by atoms with Crippen molar-refractivity contribution in [3.8, 4) is 5.69 Å². The first-order valence-corrected chi connectivity index (χ1v) is 6.34. The number of hydrogen-bond donors (Lipinski definition) is 1. The van der Waals surface area contributed by atoms with Gasteiger partial charge in [-0.05, 0) is 42.8 Å². The summed E-state index contributed by atoms with van der Waals surface area (Å²) in [6, 6.07) is 9.76. The second-order valence-corrected chi connectivity index (χ2v) is 5.08. The molecule has 0 amide bonds. The van der Waals surface area contributed by atoms with Crippen LogP contribution in [0.4, 0.5) is 5.95 Å². The molecule has 0 saturated carbocycles. The van der Waals surface area contributed by atoms with Gasteiger partial charge in [-0.25, -0.2) is 0 Å². The SMILES string of the molecule is CC(C)(CCCl)Nc1nnnn1-c1ccccc1.